The molecule has 0 bridgehead atoms. The van der Waals surface area contributed by atoms with Crippen LogP contribution in [0.3, 0.4) is 0 Å². The fraction of sp³-hybridized carbons (Fsp3) is 0.118. The Morgan fingerprint density at radius 3 is 2.75 bits per heavy atom. The van der Waals surface area contributed by atoms with Crippen LogP contribution in [0.25, 0.3) is 0 Å². The standard InChI is InChI=1S/C17H15N5O2/c1-12-15(11-19-20-16(23)13-6-5-9-18-10-13)17(24)22(21-12)14-7-3-2-4-8-14/h2-11,15H,1H3,(H,20,23). The molecule has 0 saturated carbocycles. The molecule has 2 aromatic rings. The Hall–Kier alpha value is -3.35. The second-order valence-electron chi connectivity index (χ2n) is 5.17. The number of carbonyl (C=O) groups is 2. The lowest BCUT2D eigenvalue weighted by atomic mass is 10.1. The van der Waals surface area contributed by atoms with Gasteiger partial charge in [0.1, 0.15) is 5.92 Å². The van der Waals surface area contributed by atoms with E-state index in [-0.39, 0.29) is 11.8 Å². The van der Waals surface area contributed by atoms with Crippen LogP contribution < -0.4 is 10.4 Å². The molecule has 0 radical (unpaired) electrons. The van der Waals surface area contributed by atoms with Crippen molar-refractivity contribution in [1.82, 2.24) is 10.4 Å². The molecule has 1 atom stereocenters. The maximum absolute atomic E-state index is 12.5. The van der Waals surface area contributed by atoms with E-state index in [0.29, 0.717) is 17.0 Å². The summed E-state index contributed by atoms with van der Waals surface area (Å²) in [5, 5.41) is 9.48. The van der Waals surface area contributed by atoms with Crippen molar-refractivity contribution in [3.8, 4) is 0 Å². The van der Waals surface area contributed by atoms with Gasteiger partial charge in [0.05, 0.1) is 17.0 Å². The third-order valence-electron chi connectivity index (χ3n) is 3.50. The monoisotopic (exact) mass is 321 g/mol. The number of hydrogen-bond acceptors (Lipinski definition) is 5. The zero-order chi connectivity index (χ0) is 16.9. The van der Waals surface area contributed by atoms with Crippen molar-refractivity contribution in [3.05, 3.63) is 60.4 Å². The number of aromatic nitrogens is 1. The Kier molecular flexibility index (Phi) is 4.42. The van der Waals surface area contributed by atoms with Gasteiger partial charge < -0.3 is 0 Å². The highest BCUT2D eigenvalue weighted by atomic mass is 16.2. The van der Waals surface area contributed by atoms with E-state index in [9.17, 15) is 9.59 Å². The maximum atomic E-state index is 12.5. The molecule has 24 heavy (non-hydrogen) atoms. The lowest BCUT2D eigenvalue weighted by Gasteiger charge is -2.12. The van der Waals surface area contributed by atoms with Gasteiger partial charge in [0, 0.05) is 18.6 Å². The third-order valence-corrected chi connectivity index (χ3v) is 3.50. The predicted octanol–water partition coefficient (Wildman–Crippen LogP) is 1.84. The van der Waals surface area contributed by atoms with Crippen LogP contribution in [0.15, 0.2) is 65.1 Å². The summed E-state index contributed by atoms with van der Waals surface area (Å²) in [6, 6.07) is 12.4. The molecule has 7 heteroatoms. The van der Waals surface area contributed by atoms with Crippen molar-refractivity contribution in [2.75, 3.05) is 5.01 Å². The van der Waals surface area contributed by atoms with Gasteiger partial charge in [-0.05, 0) is 31.2 Å². The van der Waals surface area contributed by atoms with Crippen molar-refractivity contribution in [3.63, 3.8) is 0 Å². The molecule has 1 aliphatic rings. The second kappa shape index (κ2) is 6.82. The van der Waals surface area contributed by atoms with E-state index in [0.717, 1.165) is 0 Å². The van der Waals surface area contributed by atoms with Gasteiger partial charge in [-0.3, -0.25) is 14.6 Å². The van der Waals surface area contributed by atoms with E-state index in [1.54, 1.807) is 37.4 Å². The lowest BCUT2D eigenvalue weighted by Crippen LogP contribution is -2.29. The first kappa shape index (κ1) is 15.5. The van der Waals surface area contributed by atoms with Crippen molar-refractivity contribution in [2.24, 2.45) is 16.1 Å². The first-order valence-corrected chi connectivity index (χ1v) is 7.34. The van der Waals surface area contributed by atoms with Crippen LogP contribution >= 0.6 is 0 Å². The molecule has 0 saturated heterocycles. The number of anilines is 1. The first-order valence-electron chi connectivity index (χ1n) is 7.34. The minimum Gasteiger partial charge on any atom is -0.271 e. The molecule has 1 aliphatic heterocycles. The number of nitrogens with one attached hydrogen (secondary N) is 1. The number of carbonyl (C=O) groups excluding carboxylic acids is 2. The molecule has 120 valence electrons. The highest BCUT2D eigenvalue weighted by Gasteiger charge is 2.33. The van der Waals surface area contributed by atoms with Crippen LogP contribution in [-0.4, -0.2) is 28.7 Å². The number of benzene rings is 1. The zero-order valence-corrected chi connectivity index (χ0v) is 13.0. The Morgan fingerprint density at radius 2 is 2.04 bits per heavy atom. The van der Waals surface area contributed by atoms with Crippen molar-refractivity contribution in [1.29, 1.82) is 0 Å². The molecular formula is C17H15N5O2. The number of pyridine rings is 1. The molecule has 2 heterocycles. The highest BCUT2D eigenvalue weighted by Crippen LogP contribution is 2.22. The molecule has 1 N–H and O–H groups in total. The summed E-state index contributed by atoms with van der Waals surface area (Å²) in [5.74, 6) is -1.20. The van der Waals surface area contributed by atoms with Gasteiger partial charge in [0.25, 0.3) is 11.8 Å². The van der Waals surface area contributed by atoms with Crippen LogP contribution in [0, 0.1) is 5.92 Å². The molecule has 0 spiro atoms. The Morgan fingerprint density at radius 1 is 1.25 bits per heavy atom. The number of hydrazone groups is 2. The molecule has 0 fully saturated rings. The van der Waals surface area contributed by atoms with Gasteiger partial charge in [-0.25, -0.2) is 5.43 Å². The molecular weight excluding hydrogens is 306 g/mol. The summed E-state index contributed by atoms with van der Waals surface area (Å²) in [7, 11) is 0. The average molecular weight is 321 g/mol. The summed E-state index contributed by atoms with van der Waals surface area (Å²) in [4.78, 5) is 28.2. The minimum atomic E-state index is -0.598. The van der Waals surface area contributed by atoms with Crippen LogP contribution in [-0.2, 0) is 4.79 Å². The normalized spacial score (nSPS) is 17.2. The largest absolute Gasteiger partial charge is 0.272 e. The van der Waals surface area contributed by atoms with Gasteiger partial charge in [-0.15, -0.1) is 0 Å². The van der Waals surface area contributed by atoms with E-state index in [1.807, 2.05) is 18.2 Å². The summed E-state index contributed by atoms with van der Waals surface area (Å²) in [6.07, 6.45) is 4.41. The summed E-state index contributed by atoms with van der Waals surface area (Å²) in [5.41, 5.74) is 4.08. The van der Waals surface area contributed by atoms with Crippen LogP contribution in [0.1, 0.15) is 17.3 Å². The second-order valence-corrected chi connectivity index (χ2v) is 5.17. The summed E-state index contributed by atoms with van der Waals surface area (Å²) < 4.78 is 0. The van der Waals surface area contributed by atoms with E-state index in [1.165, 1.54) is 17.4 Å². The molecule has 7 nitrogen and oxygen atoms in total. The summed E-state index contributed by atoms with van der Waals surface area (Å²) >= 11 is 0. The number of rotatable bonds is 4. The fourth-order valence-corrected chi connectivity index (χ4v) is 2.24. The van der Waals surface area contributed by atoms with Crippen LogP contribution in [0.4, 0.5) is 5.69 Å². The smallest absolute Gasteiger partial charge is 0.271 e. The van der Waals surface area contributed by atoms with Gasteiger partial charge >= 0.3 is 0 Å². The van der Waals surface area contributed by atoms with Crippen LogP contribution in [0.5, 0.6) is 0 Å². The molecule has 2 amide bonds. The molecule has 0 aliphatic carbocycles. The predicted molar refractivity (Wildman–Crippen MR) is 90.7 cm³/mol. The van der Waals surface area contributed by atoms with Gasteiger partial charge in [-0.2, -0.15) is 15.2 Å². The Bertz CT molecular complexity index is 802. The van der Waals surface area contributed by atoms with E-state index in [2.05, 4.69) is 20.6 Å². The first-order chi connectivity index (χ1) is 11.7. The maximum Gasteiger partial charge on any atom is 0.272 e. The molecule has 1 unspecified atom stereocenters. The SMILES string of the molecule is CC1=NN(c2ccccc2)C(=O)C1C=NNC(=O)c1cccnc1. The average Bonchev–Trinajstić information content (AvgIpc) is 2.91. The fourth-order valence-electron chi connectivity index (χ4n) is 2.24. The minimum absolute atomic E-state index is 0.210. The number of para-hydroxylation sites is 1. The Balaban J connectivity index is 1.67. The van der Waals surface area contributed by atoms with E-state index in [4.69, 9.17) is 0 Å². The molecule has 1 aromatic heterocycles. The molecule has 1 aromatic carbocycles. The van der Waals surface area contributed by atoms with Crippen LogP contribution in [0.2, 0.25) is 0 Å². The quantitative estimate of drug-likeness (QED) is 0.688. The topological polar surface area (TPSA) is 87.0 Å². The van der Waals surface area contributed by atoms with Gasteiger partial charge in [-0.1, -0.05) is 18.2 Å². The Labute approximate surface area is 138 Å². The molecule has 3 rings (SSSR count). The van der Waals surface area contributed by atoms with Crippen molar-refractivity contribution in [2.45, 2.75) is 6.92 Å². The van der Waals surface area contributed by atoms with Gasteiger partial charge in [0.2, 0.25) is 0 Å². The van der Waals surface area contributed by atoms with Crippen molar-refractivity contribution < 1.29 is 9.59 Å². The van der Waals surface area contributed by atoms with E-state index >= 15 is 0 Å². The number of amides is 2. The van der Waals surface area contributed by atoms with E-state index < -0.39 is 5.92 Å². The highest BCUT2D eigenvalue weighted by molar-refractivity contribution is 6.23. The van der Waals surface area contributed by atoms with Gasteiger partial charge in [0.15, 0.2) is 0 Å². The lowest BCUT2D eigenvalue weighted by molar-refractivity contribution is -0.118. The summed E-state index contributed by atoms with van der Waals surface area (Å²) in [6.45, 7) is 1.75. The number of hydrogen-bond donors (Lipinski definition) is 1. The van der Waals surface area contributed by atoms with Crippen molar-refractivity contribution >= 4 is 29.4 Å². The number of nitrogens with zero attached hydrogens (tertiary/aromatic N) is 4. The third kappa shape index (κ3) is 3.19. The zero-order valence-electron chi connectivity index (χ0n) is 13.0.